The summed E-state index contributed by atoms with van der Waals surface area (Å²) in [6.45, 7) is 4.00. The van der Waals surface area contributed by atoms with E-state index in [1.807, 2.05) is 32.2 Å². The number of hydrogen-bond acceptors (Lipinski definition) is 4. The molecule has 0 radical (unpaired) electrons. The zero-order valence-electron chi connectivity index (χ0n) is 11.2. The van der Waals surface area contributed by atoms with Gasteiger partial charge in [0.15, 0.2) is 0 Å². The fourth-order valence-corrected chi connectivity index (χ4v) is 2.09. The first-order valence-electron chi connectivity index (χ1n) is 6.14. The van der Waals surface area contributed by atoms with Crippen LogP contribution in [0.1, 0.15) is 24.4 Å². The van der Waals surface area contributed by atoms with E-state index in [9.17, 15) is 0 Å². The molecule has 2 rings (SSSR count). The maximum Gasteiger partial charge on any atom is 0.132 e. The summed E-state index contributed by atoms with van der Waals surface area (Å²) in [5, 5.41) is 6.42. The Balaban J connectivity index is 2.16. The van der Waals surface area contributed by atoms with Gasteiger partial charge in [-0.2, -0.15) is 0 Å². The monoisotopic (exact) mass is 320 g/mol. The molecule has 100 valence electrons. The van der Waals surface area contributed by atoms with Gasteiger partial charge < -0.3 is 10.6 Å². The molecule has 1 heterocycles. The van der Waals surface area contributed by atoms with Crippen molar-refractivity contribution < 1.29 is 0 Å². The topological polar surface area (TPSA) is 49.8 Å². The molecule has 0 saturated heterocycles. The van der Waals surface area contributed by atoms with Gasteiger partial charge in [-0.15, -0.1) is 0 Å². The normalized spacial score (nSPS) is 12.0. The highest BCUT2D eigenvalue weighted by Gasteiger charge is 2.07. The lowest BCUT2D eigenvalue weighted by Gasteiger charge is -2.16. The number of nitrogens with zero attached hydrogens (tertiary/aromatic N) is 2. The fraction of sp³-hybridized carbons (Fsp3) is 0.286. The Morgan fingerprint density at radius 2 is 1.74 bits per heavy atom. The molecule has 1 atom stereocenters. The Morgan fingerprint density at radius 1 is 1.11 bits per heavy atom. The molecule has 1 aromatic carbocycles. The SMILES string of the molecule is CNc1cc(NC(C)c2ccc(Br)cc2)nc(C)n1. The molecule has 2 N–H and O–H groups in total. The minimum atomic E-state index is 0.187. The van der Waals surface area contributed by atoms with E-state index < -0.39 is 0 Å². The van der Waals surface area contributed by atoms with E-state index in [1.165, 1.54) is 5.56 Å². The summed E-state index contributed by atoms with van der Waals surface area (Å²) in [4.78, 5) is 8.67. The molecule has 5 heteroatoms. The van der Waals surface area contributed by atoms with Crippen molar-refractivity contribution >= 4 is 27.6 Å². The van der Waals surface area contributed by atoms with Crippen molar-refractivity contribution in [1.29, 1.82) is 0 Å². The third kappa shape index (κ3) is 3.67. The van der Waals surface area contributed by atoms with Crippen LogP contribution in [0.3, 0.4) is 0 Å². The van der Waals surface area contributed by atoms with Crippen molar-refractivity contribution in [3.8, 4) is 0 Å². The van der Waals surface area contributed by atoms with Gasteiger partial charge in [-0.05, 0) is 31.5 Å². The Labute approximate surface area is 121 Å². The second kappa shape index (κ2) is 6.02. The molecule has 0 amide bonds. The summed E-state index contributed by atoms with van der Waals surface area (Å²) in [6.07, 6.45) is 0. The first kappa shape index (κ1) is 13.8. The van der Waals surface area contributed by atoms with Crippen LogP contribution in [-0.2, 0) is 0 Å². The summed E-state index contributed by atoms with van der Waals surface area (Å²) in [5.74, 6) is 2.39. The van der Waals surface area contributed by atoms with Crippen LogP contribution < -0.4 is 10.6 Å². The van der Waals surface area contributed by atoms with Crippen molar-refractivity contribution in [2.24, 2.45) is 0 Å². The molecule has 0 saturated carbocycles. The predicted molar refractivity (Wildman–Crippen MR) is 82.5 cm³/mol. The largest absolute Gasteiger partial charge is 0.373 e. The van der Waals surface area contributed by atoms with E-state index >= 15 is 0 Å². The molecule has 0 aliphatic carbocycles. The van der Waals surface area contributed by atoms with Crippen molar-refractivity contribution in [3.05, 3.63) is 46.2 Å². The minimum Gasteiger partial charge on any atom is -0.373 e. The Kier molecular flexibility index (Phi) is 4.37. The predicted octanol–water partition coefficient (Wildman–Crippen LogP) is 3.76. The molecule has 0 spiro atoms. The quantitative estimate of drug-likeness (QED) is 0.900. The summed E-state index contributed by atoms with van der Waals surface area (Å²) < 4.78 is 1.08. The number of benzene rings is 1. The highest BCUT2D eigenvalue weighted by molar-refractivity contribution is 9.10. The fourth-order valence-electron chi connectivity index (χ4n) is 1.83. The van der Waals surface area contributed by atoms with E-state index in [2.05, 4.69) is 55.6 Å². The first-order valence-corrected chi connectivity index (χ1v) is 6.93. The summed E-state index contributed by atoms with van der Waals surface area (Å²) in [6, 6.07) is 10.4. The second-order valence-electron chi connectivity index (χ2n) is 4.35. The van der Waals surface area contributed by atoms with Gasteiger partial charge in [0.25, 0.3) is 0 Å². The van der Waals surface area contributed by atoms with Crippen LogP contribution in [0, 0.1) is 6.92 Å². The third-order valence-electron chi connectivity index (χ3n) is 2.83. The van der Waals surface area contributed by atoms with Crippen LogP contribution >= 0.6 is 15.9 Å². The van der Waals surface area contributed by atoms with Gasteiger partial charge in [0.1, 0.15) is 17.5 Å². The van der Waals surface area contributed by atoms with Crippen LogP contribution in [0.2, 0.25) is 0 Å². The minimum absolute atomic E-state index is 0.187. The number of aryl methyl sites for hydroxylation is 1. The number of hydrogen-bond donors (Lipinski definition) is 2. The maximum absolute atomic E-state index is 4.39. The van der Waals surface area contributed by atoms with Crippen molar-refractivity contribution in [1.82, 2.24) is 9.97 Å². The lowest BCUT2D eigenvalue weighted by atomic mass is 10.1. The number of halogens is 1. The van der Waals surface area contributed by atoms with Gasteiger partial charge in [-0.25, -0.2) is 9.97 Å². The van der Waals surface area contributed by atoms with Gasteiger partial charge >= 0.3 is 0 Å². The van der Waals surface area contributed by atoms with Gasteiger partial charge in [0.2, 0.25) is 0 Å². The van der Waals surface area contributed by atoms with E-state index in [0.29, 0.717) is 0 Å². The van der Waals surface area contributed by atoms with Crippen LogP contribution in [-0.4, -0.2) is 17.0 Å². The van der Waals surface area contributed by atoms with Gasteiger partial charge in [0.05, 0.1) is 0 Å². The Bertz CT molecular complexity index is 554. The average Bonchev–Trinajstić information content (AvgIpc) is 2.38. The zero-order chi connectivity index (χ0) is 13.8. The summed E-state index contributed by atoms with van der Waals surface area (Å²) >= 11 is 3.44. The van der Waals surface area contributed by atoms with E-state index in [0.717, 1.165) is 21.9 Å². The van der Waals surface area contributed by atoms with Gasteiger partial charge in [-0.3, -0.25) is 0 Å². The van der Waals surface area contributed by atoms with Crippen LogP contribution in [0.4, 0.5) is 11.6 Å². The molecule has 0 aliphatic heterocycles. The van der Waals surface area contributed by atoms with Crippen LogP contribution in [0.5, 0.6) is 0 Å². The Morgan fingerprint density at radius 3 is 2.37 bits per heavy atom. The van der Waals surface area contributed by atoms with Crippen molar-refractivity contribution in [3.63, 3.8) is 0 Å². The molecule has 1 unspecified atom stereocenters. The van der Waals surface area contributed by atoms with E-state index in [-0.39, 0.29) is 6.04 Å². The van der Waals surface area contributed by atoms with Gasteiger partial charge in [-0.1, -0.05) is 28.1 Å². The van der Waals surface area contributed by atoms with Gasteiger partial charge in [0, 0.05) is 23.6 Å². The number of anilines is 2. The van der Waals surface area contributed by atoms with E-state index in [1.54, 1.807) is 0 Å². The van der Waals surface area contributed by atoms with Crippen molar-refractivity contribution in [2.45, 2.75) is 19.9 Å². The molecule has 19 heavy (non-hydrogen) atoms. The van der Waals surface area contributed by atoms with Crippen LogP contribution in [0.25, 0.3) is 0 Å². The molecule has 1 aromatic heterocycles. The van der Waals surface area contributed by atoms with Crippen LogP contribution in [0.15, 0.2) is 34.8 Å². The smallest absolute Gasteiger partial charge is 0.132 e. The average molecular weight is 321 g/mol. The molecule has 0 bridgehead atoms. The molecule has 0 fully saturated rings. The Hall–Kier alpha value is -1.62. The molecule has 2 aromatic rings. The number of nitrogens with one attached hydrogen (secondary N) is 2. The highest BCUT2D eigenvalue weighted by Crippen LogP contribution is 2.21. The zero-order valence-corrected chi connectivity index (χ0v) is 12.8. The second-order valence-corrected chi connectivity index (χ2v) is 5.27. The molecule has 0 aliphatic rings. The molecular weight excluding hydrogens is 304 g/mol. The lowest BCUT2D eigenvalue weighted by Crippen LogP contribution is -2.09. The maximum atomic E-state index is 4.39. The van der Waals surface area contributed by atoms with E-state index in [4.69, 9.17) is 0 Å². The molecular formula is C14H17BrN4. The first-order chi connectivity index (χ1) is 9.08. The highest BCUT2D eigenvalue weighted by atomic mass is 79.9. The number of aromatic nitrogens is 2. The molecule has 4 nitrogen and oxygen atoms in total. The summed E-state index contributed by atoms with van der Waals surface area (Å²) in [5.41, 5.74) is 1.21. The standard InChI is InChI=1S/C14H17BrN4/c1-9(11-4-6-12(15)7-5-11)17-14-8-13(16-3)18-10(2)19-14/h4-9H,1-3H3,(H2,16,17,18,19). The summed E-state index contributed by atoms with van der Waals surface area (Å²) in [7, 11) is 1.85. The number of rotatable bonds is 4. The third-order valence-corrected chi connectivity index (χ3v) is 3.36. The lowest BCUT2D eigenvalue weighted by molar-refractivity contribution is 0.867. The van der Waals surface area contributed by atoms with Crippen molar-refractivity contribution in [2.75, 3.05) is 17.7 Å².